The van der Waals surface area contributed by atoms with Crippen LogP contribution in [-0.4, -0.2) is 26.3 Å². The molecule has 0 bridgehead atoms. The third kappa shape index (κ3) is 2.89. The van der Waals surface area contributed by atoms with Gasteiger partial charge in [0.25, 0.3) is 5.91 Å². The fraction of sp³-hybridized carbons (Fsp3) is 0.111. The van der Waals surface area contributed by atoms with Gasteiger partial charge in [-0.25, -0.2) is 0 Å². The van der Waals surface area contributed by atoms with E-state index >= 15 is 0 Å². The number of aromatic amines is 1. The topological polar surface area (TPSA) is 83.6 Å². The molecule has 0 spiro atoms. The summed E-state index contributed by atoms with van der Waals surface area (Å²) in [6, 6.07) is 13.7. The molecular weight excluding hydrogens is 334 g/mol. The van der Waals surface area contributed by atoms with Crippen LogP contribution in [0.25, 0.3) is 21.5 Å². The van der Waals surface area contributed by atoms with E-state index in [1.54, 1.807) is 0 Å². The van der Waals surface area contributed by atoms with E-state index in [2.05, 4.69) is 38.7 Å². The van der Waals surface area contributed by atoms with Crippen molar-refractivity contribution in [1.29, 1.82) is 0 Å². The van der Waals surface area contributed by atoms with Crippen molar-refractivity contribution in [2.45, 2.75) is 13.8 Å². The number of carbonyl (C=O) groups excluding carboxylic acids is 1. The maximum atomic E-state index is 12.5. The van der Waals surface area contributed by atoms with Gasteiger partial charge in [-0.05, 0) is 25.5 Å². The van der Waals surface area contributed by atoms with Crippen LogP contribution in [0.2, 0.25) is 0 Å². The molecule has 6 nitrogen and oxygen atoms in total. The summed E-state index contributed by atoms with van der Waals surface area (Å²) in [5.74, 6) is -0.305. The van der Waals surface area contributed by atoms with E-state index in [1.807, 2.05) is 43.3 Å². The van der Waals surface area contributed by atoms with Gasteiger partial charge >= 0.3 is 0 Å². The summed E-state index contributed by atoms with van der Waals surface area (Å²) in [5, 5.41) is 20.0. The highest BCUT2D eigenvalue weighted by atomic mass is 32.1. The van der Waals surface area contributed by atoms with Crippen molar-refractivity contribution in [3.05, 3.63) is 59.3 Å². The van der Waals surface area contributed by atoms with Crippen LogP contribution in [0.5, 0.6) is 0 Å². The molecule has 124 valence electrons. The highest BCUT2D eigenvalue weighted by Crippen LogP contribution is 2.29. The number of nitrogens with zero attached hydrogens (tertiary/aromatic N) is 3. The van der Waals surface area contributed by atoms with E-state index in [9.17, 15) is 4.79 Å². The molecule has 2 heterocycles. The molecule has 0 aliphatic heterocycles. The van der Waals surface area contributed by atoms with E-state index in [-0.39, 0.29) is 5.91 Å². The summed E-state index contributed by atoms with van der Waals surface area (Å²) in [6.45, 7) is 4.09. The largest absolute Gasteiger partial charge is 0.295 e. The zero-order valence-corrected chi connectivity index (χ0v) is 14.5. The molecule has 0 fully saturated rings. The molecule has 0 aliphatic carbocycles. The number of aromatic nitrogens is 4. The Hall–Kier alpha value is -3.06. The summed E-state index contributed by atoms with van der Waals surface area (Å²) < 4.78 is 0. The van der Waals surface area contributed by atoms with Gasteiger partial charge < -0.3 is 0 Å². The molecule has 0 atom stereocenters. The lowest BCUT2D eigenvalue weighted by molar-refractivity contribution is 0.102. The van der Waals surface area contributed by atoms with Crippen molar-refractivity contribution in [2.75, 3.05) is 5.32 Å². The number of benzene rings is 2. The number of anilines is 1. The van der Waals surface area contributed by atoms with Crippen molar-refractivity contribution >= 4 is 33.3 Å². The quantitative estimate of drug-likeness (QED) is 0.586. The van der Waals surface area contributed by atoms with Crippen LogP contribution < -0.4 is 5.32 Å². The Labute approximate surface area is 147 Å². The number of amides is 1. The third-order valence-corrected chi connectivity index (χ3v) is 4.82. The van der Waals surface area contributed by atoms with E-state index < -0.39 is 0 Å². The second kappa shape index (κ2) is 6.10. The summed E-state index contributed by atoms with van der Waals surface area (Å²) >= 11 is 1.34. The SMILES string of the molecule is Cc1ccc(-c2nnc(NC(=O)c3n[nH]c4ccccc34)s2)c(C)c1. The molecule has 4 rings (SSSR count). The lowest BCUT2D eigenvalue weighted by atomic mass is 10.1. The molecule has 7 heteroatoms. The smallest absolute Gasteiger partial charge is 0.278 e. The minimum absolute atomic E-state index is 0.305. The molecule has 25 heavy (non-hydrogen) atoms. The van der Waals surface area contributed by atoms with Crippen LogP contribution in [0.15, 0.2) is 42.5 Å². The van der Waals surface area contributed by atoms with Gasteiger partial charge in [0, 0.05) is 10.9 Å². The Morgan fingerprint density at radius 1 is 1.12 bits per heavy atom. The molecule has 0 saturated carbocycles. The van der Waals surface area contributed by atoms with Crippen molar-refractivity contribution in [2.24, 2.45) is 0 Å². The molecule has 2 aromatic carbocycles. The average Bonchev–Trinajstić information content (AvgIpc) is 3.21. The van der Waals surface area contributed by atoms with E-state index in [0.717, 1.165) is 27.0 Å². The Morgan fingerprint density at radius 2 is 1.96 bits per heavy atom. The molecule has 2 aromatic heterocycles. The summed E-state index contributed by atoms with van der Waals surface area (Å²) in [5.41, 5.74) is 4.52. The van der Waals surface area contributed by atoms with Crippen LogP contribution in [0.3, 0.4) is 0 Å². The second-order valence-corrected chi connectivity index (χ2v) is 6.78. The first kappa shape index (κ1) is 15.5. The molecular formula is C18H15N5OS. The number of rotatable bonds is 3. The Morgan fingerprint density at radius 3 is 2.80 bits per heavy atom. The maximum Gasteiger partial charge on any atom is 0.278 e. The van der Waals surface area contributed by atoms with Crippen molar-refractivity contribution < 1.29 is 4.79 Å². The number of fused-ring (bicyclic) bond motifs is 1. The lowest BCUT2D eigenvalue weighted by Gasteiger charge is -2.02. The van der Waals surface area contributed by atoms with E-state index in [4.69, 9.17) is 0 Å². The van der Waals surface area contributed by atoms with Gasteiger partial charge in [-0.2, -0.15) is 5.10 Å². The predicted octanol–water partition coefficient (Wildman–Crippen LogP) is 3.95. The zero-order valence-electron chi connectivity index (χ0n) is 13.7. The Bertz CT molecular complexity index is 1080. The Balaban J connectivity index is 1.59. The fourth-order valence-corrected chi connectivity index (χ4v) is 3.56. The lowest BCUT2D eigenvalue weighted by Crippen LogP contribution is -2.12. The number of nitrogens with one attached hydrogen (secondary N) is 2. The van der Waals surface area contributed by atoms with Crippen LogP contribution in [-0.2, 0) is 0 Å². The van der Waals surface area contributed by atoms with Crippen LogP contribution in [0.1, 0.15) is 21.6 Å². The number of hydrogen-bond acceptors (Lipinski definition) is 5. The normalized spacial score (nSPS) is 11.0. The van der Waals surface area contributed by atoms with Crippen molar-refractivity contribution in [3.8, 4) is 10.6 Å². The monoisotopic (exact) mass is 349 g/mol. The van der Waals surface area contributed by atoms with E-state index in [0.29, 0.717) is 10.8 Å². The first-order chi connectivity index (χ1) is 12.1. The zero-order chi connectivity index (χ0) is 17.4. The third-order valence-electron chi connectivity index (χ3n) is 3.94. The standard InChI is InChI=1S/C18H15N5OS/c1-10-7-8-12(11(2)9-10)17-22-23-18(25-17)19-16(24)15-13-5-3-4-6-14(13)20-21-15/h3-9H,1-2H3,(H,20,21)(H,19,23,24). The molecule has 0 aliphatic rings. The van der Waals surface area contributed by atoms with Crippen molar-refractivity contribution in [1.82, 2.24) is 20.4 Å². The number of aryl methyl sites for hydroxylation is 2. The van der Waals surface area contributed by atoms with Gasteiger partial charge in [0.2, 0.25) is 5.13 Å². The second-order valence-electron chi connectivity index (χ2n) is 5.80. The van der Waals surface area contributed by atoms with Crippen LogP contribution in [0, 0.1) is 13.8 Å². The number of H-pyrrole nitrogens is 1. The van der Waals surface area contributed by atoms with Gasteiger partial charge in [0.15, 0.2) is 5.69 Å². The fourth-order valence-electron chi connectivity index (χ4n) is 2.73. The van der Waals surface area contributed by atoms with Crippen LogP contribution in [0.4, 0.5) is 5.13 Å². The summed E-state index contributed by atoms with van der Waals surface area (Å²) in [7, 11) is 0. The molecule has 0 saturated heterocycles. The van der Waals surface area contributed by atoms with Gasteiger partial charge in [0.05, 0.1) is 5.52 Å². The van der Waals surface area contributed by atoms with Crippen molar-refractivity contribution in [3.63, 3.8) is 0 Å². The first-order valence-electron chi connectivity index (χ1n) is 7.77. The first-order valence-corrected chi connectivity index (χ1v) is 8.59. The summed E-state index contributed by atoms with van der Waals surface area (Å²) in [6.07, 6.45) is 0. The number of carbonyl (C=O) groups is 1. The molecule has 0 radical (unpaired) electrons. The van der Waals surface area contributed by atoms with E-state index in [1.165, 1.54) is 16.9 Å². The highest BCUT2D eigenvalue weighted by Gasteiger charge is 2.16. The Kier molecular flexibility index (Phi) is 3.77. The predicted molar refractivity (Wildman–Crippen MR) is 98.9 cm³/mol. The van der Waals surface area contributed by atoms with Gasteiger partial charge in [-0.1, -0.05) is 53.3 Å². The minimum Gasteiger partial charge on any atom is -0.295 e. The number of para-hydroxylation sites is 1. The molecule has 0 unspecified atom stereocenters. The van der Waals surface area contributed by atoms with Gasteiger partial charge in [-0.3, -0.25) is 15.2 Å². The number of hydrogen-bond donors (Lipinski definition) is 2. The summed E-state index contributed by atoms with van der Waals surface area (Å²) in [4.78, 5) is 12.5. The van der Waals surface area contributed by atoms with Gasteiger partial charge in [0.1, 0.15) is 5.01 Å². The van der Waals surface area contributed by atoms with Gasteiger partial charge in [-0.15, -0.1) is 10.2 Å². The molecule has 1 amide bonds. The maximum absolute atomic E-state index is 12.5. The molecule has 4 aromatic rings. The minimum atomic E-state index is -0.305. The van der Waals surface area contributed by atoms with Crippen LogP contribution >= 0.6 is 11.3 Å². The molecule has 2 N–H and O–H groups in total. The average molecular weight is 349 g/mol. The highest BCUT2D eigenvalue weighted by molar-refractivity contribution is 7.18.